The van der Waals surface area contributed by atoms with E-state index in [1.54, 1.807) is 45.9 Å². The predicted octanol–water partition coefficient (Wildman–Crippen LogP) is 3.31. The maximum Gasteiger partial charge on any atom is 0.410 e. The molecule has 1 aromatic rings. The third-order valence-corrected chi connectivity index (χ3v) is 2.89. The molecule has 1 aromatic carbocycles. The Bertz CT molecular complexity index is 558. The lowest BCUT2D eigenvalue weighted by molar-refractivity contribution is 0.0515. The summed E-state index contributed by atoms with van der Waals surface area (Å²) < 4.78 is 23.9. The first-order valence-electron chi connectivity index (χ1n) is 7.85. The molecule has 24 heavy (non-hydrogen) atoms. The number of amides is 2. The normalized spacial score (nSPS) is 10.9. The van der Waals surface area contributed by atoms with Gasteiger partial charge in [-0.3, -0.25) is 0 Å². The SMILES string of the molecule is CCOC(=O)N(CCNC(=O)OC(C)(C)C)Cc1ccccc1F. The van der Waals surface area contributed by atoms with Crippen molar-refractivity contribution in [2.75, 3.05) is 19.7 Å². The highest BCUT2D eigenvalue weighted by Crippen LogP contribution is 2.11. The Kier molecular flexibility index (Phi) is 7.48. The average Bonchev–Trinajstić information content (AvgIpc) is 2.46. The first kappa shape index (κ1) is 19.7. The highest BCUT2D eigenvalue weighted by molar-refractivity contribution is 5.69. The van der Waals surface area contributed by atoms with Gasteiger partial charge >= 0.3 is 12.2 Å². The van der Waals surface area contributed by atoms with Gasteiger partial charge in [-0.25, -0.2) is 14.0 Å². The van der Waals surface area contributed by atoms with Gasteiger partial charge in [0.1, 0.15) is 11.4 Å². The Labute approximate surface area is 141 Å². The zero-order valence-electron chi connectivity index (χ0n) is 14.6. The molecule has 2 amide bonds. The summed E-state index contributed by atoms with van der Waals surface area (Å²) >= 11 is 0. The van der Waals surface area contributed by atoms with Crippen molar-refractivity contribution in [1.29, 1.82) is 0 Å². The highest BCUT2D eigenvalue weighted by atomic mass is 19.1. The van der Waals surface area contributed by atoms with E-state index in [2.05, 4.69) is 5.32 Å². The summed E-state index contributed by atoms with van der Waals surface area (Å²) in [4.78, 5) is 25.0. The maximum absolute atomic E-state index is 13.8. The zero-order chi connectivity index (χ0) is 18.2. The summed E-state index contributed by atoms with van der Waals surface area (Å²) in [5.41, 5.74) is -0.222. The topological polar surface area (TPSA) is 67.9 Å². The van der Waals surface area contributed by atoms with Crippen molar-refractivity contribution in [2.24, 2.45) is 0 Å². The largest absolute Gasteiger partial charge is 0.450 e. The lowest BCUT2D eigenvalue weighted by Gasteiger charge is -2.23. The fraction of sp³-hybridized carbons (Fsp3) is 0.529. The van der Waals surface area contributed by atoms with Gasteiger partial charge in [-0.1, -0.05) is 18.2 Å². The number of benzene rings is 1. The summed E-state index contributed by atoms with van der Waals surface area (Å²) in [6.07, 6.45) is -1.14. The van der Waals surface area contributed by atoms with Crippen molar-refractivity contribution in [2.45, 2.75) is 39.8 Å². The van der Waals surface area contributed by atoms with E-state index >= 15 is 0 Å². The van der Waals surface area contributed by atoms with E-state index in [0.717, 1.165) is 0 Å². The molecule has 7 heteroatoms. The standard InChI is InChI=1S/C17H25FN2O4/c1-5-23-16(22)20(12-13-8-6-7-9-14(13)18)11-10-19-15(21)24-17(2,3)4/h6-9H,5,10-12H2,1-4H3,(H,19,21). The average molecular weight is 340 g/mol. The molecule has 0 saturated heterocycles. The Morgan fingerprint density at radius 3 is 2.50 bits per heavy atom. The lowest BCUT2D eigenvalue weighted by Crippen LogP contribution is -2.40. The molecule has 0 aliphatic heterocycles. The summed E-state index contributed by atoms with van der Waals surface area (Å²) in [5.74, 6) is -0.396. The molecule has 0 aromatic heterocycles. The Hall–Kier alpha value is -2.31. The Morgan fingerprint density at radius 1 is 1.25 bits per heavy atom. The number of hydrogen-bond acceptors (Lipinski definition) is 4. The van der Waals surface area contributed by atoms with E-state index in [-0.39, 0.29) is 26.2 Å². The van der Waals surface area contributed by atoms with Crippen molar-refractivity contribution in [3.63, 3.8) is 0 Å². The smallest absolute Gasteiger partial charge is 0.410 e. The molecule has 134 valence electrons. The van der Waals surface area contributed by atoms with Gasteiger partial charge in [-0.15, -0.1) is 0 Å². The summed E-state index contributed by atoms with van der Waals surface area (Å²) in [6.45, 7) is 7.58. The van der Waals surface area contributed by atoms with E-state index in [1.807, 2.05) is 0 Å². The van der Waals surface area contributed by atoms with Crippen LogP contribution in [0.15, 0.2) is 24.3 Å². The van der Waals surface area contributed by atoms with Crippen LogP contribution in [-0.4, -0.2) is 42.4 Å². The van der Waals surface area contributed by atoms with E-state index in [0.29, 0.717) is 5.56 Å². The zero-order valence-corrected chi connectivity index (χ0v) is 14.6. The maximum atomic E-state index is 13.8. The first-order chi connectivity index (χ1) is 11.2. The molecule has 0 unspecified atom stereocenters. The van der Waals surface area contributed by atoms with Crippen molar-refractivity contribution in [1.82, 2.24) is 10.2 Å². The molecule has 0 spiro atoms. The number of rotatable bonds is 6. The monoisotopic (exact) mass is 340 g/mol. The van der Waals surface area contributed by atoms with E-state index in [1.165, 1.54) is 11.0 Å². The van der Waals surface area contributed by atoms with Gasteiger partial charge < -0.3 is 19.7 Å². The van der Waals surface area contributed by atoms with Gasteiger partial charge in [0.15, 0.2) is 0 Å². The molecule has 0 aliphatic rings. The third-order valence-electron chi connectivity index (χ3n) is 2.89. The predicted molar refractivity (Wildman–Crippen MR) is 88.1 cm³/mol. The van der Waals surface area contributed by atoms with Crippen LogP contribution in [0.2, 0.25) is 0 Å². The van der Waals surface area contributed by atoms with Gasteiger partial charge in [0.25, 0.3) is 0 Å². The van der Waals surface area contributed by atoms with Gasteiger partial charge in [0, 0.05) is 18.7 Å². The minimum Gasteiger partial charge on any atom is -0.450 e. The summed E-state index contributed by atoms with van der Waals surface area (Å²) in [7, 11) is 0. The number of alkyl carbamates (subject to hydrolysis) is 1. The van der Waals surface area contributed by atoms with Crippen molar-refractivity contribution >= 4 is 12.2 Å². The van der Waals surface area contributed by atoms with Crippen molar-refractivity contribution in [3.05, 3.63) is 35.6 Å². The van der Waals surface area contributed by atoms with Gasteiger partial charge in [0.05, 0.1) is 13.2 Å². The molecule has 1 N–H and O–H groups in total. The second-order valence-corrected chi connectivity index (χ2v) is 6.14. The van der Waals surface area contributed by atoms with Crippen LogP contribution in [-0.2, 0) is 16.0 Å². The lowest BCUT2D eigenvalue weighted by atomic mass is 10.2. The minimum absolute atomic E-state index is 0.0570. The van der Waals surface area contributed by atoms with Crippen LogP contribution in [0.3, 0.4) is 0 Å². The molecule has 6 nitrogen and oxygen atoms in total. The number of carbonyl (C=O) groups excluding carboxylic acids is 2. The number of halogens is 1. The van der Waals surface area contributed by atoms with Crippen molar-refractivity contribution < 1.29 is 23.5 Å². The van der Waals surface area contributed by atoms with Crippen LogP contribution < -0.4 is 5.32 Å². The molecule has 0 aliphatic carbocycles. The van der Waals surface area contributed by atoms with Gasteiger partial charge in [-0.05, 0) is 33.8 Å². The molecule has 0 bridgehead atoms. The van der Waals surface area contributed by atoms with E-state index < -0.39 is 23.6 Å². The van der Waals surface area contributed by atoms with Gasteiger partial charge in [-0.2, -0.15) is 0 Å². The van der Waals surface area contributed by atoms with Crippen LogP contribution in [0.4, 0.5) is 14.0 Å². The van der Waals surface area contributed by atoms with Crippen LogP contribution in [0.1, 0.15) is 33.3 Å². The summed E-state index contributed by atoms with van der Waals surface area (Å²) in [5, 5.41) is 2.56. The van der Waals surface area contributed by atoms with Gasteiger partial charge in [0.2, 0.25) is 0 Å². The van der Waals surface area contributed by atoms with Crippen molar-refractivity contribution in [3.8, 4) is 0 Å². The Balaban J connectivity index is 2.62. The third kappa shape index (κ3) is 7.30. The van der Waals surface area contributed by atoms with Crippen LogP contribution >= 0.6 is 0 Å². The number of carbonyl (C=O) groups is 2. The van der Waals surface area contributed by atoms with Crippen LogP contribution in [0, 0.1) is 5.82 Å². The second kappa shape index (κ2) is 9.10. The molecule has 0 heterocycles. The van der Waals surface area contributed by atoms with Crippen LogP contribution in [0.25, 0.3) is 0 Å². The fourth-order valence-electron chi connectivity index (χ4n) is 1.89. The molecule has 0 radical (unpaired) electrons. The molecular formula is C17H25FN2O4. The minimum atomic E-state index is -0.599. The number of nitrogens with one attached hydrogen (secondary N) is 1. The first-order valence-corrected chi connectivity index (χ1v) is 7.85. The quantitative estimate of drug-likeness (QED) is 0.863. The fourth-order valence-corrected chi connectivity index (χ4v) is 1.89. The molecule has 0 fully saturated rings. The molecule has 0 saturated carbocycles. The number of ether oxygens (including phenoxy) is 2. The van der Waals surface area contributed by atoms with E-state index in [4.69, 9.17) is 9.47 Å². The molecule has 1 rings (SSSR count). The molecular weight excluding hydrogens is 315 g/mol. The van der Waals surface area contributed by atoms with E-state index in [9.17, 15) is 14.0 Å². The Morgan fingerprint density at radius 2 is 1.92 bits per heavy atom. The van der Waals surface area contributed by atoms with Crippen LogP contribution in [0.5, 0.6) is 0 Å². The second-order valence-electron chi connectivity index (χ2n) is 6.14. The number of hydrogen-bond donors (Lipinski definition) is 1. The highest BCUT2D eigenvalue weighted by Gasteiger charge is 2.19. The summed E-state index contributed by atoms with van der Waals surface area (Å²) in [6, 6.07) is 6.21. The molecule has 0 atom stereocenters. The number of nitrogens with zero attached hydrogens (tertiary/aromatic N) is 1.